The molecule has 0 N–H and O–H groups in total. The molecule has 2 aromatic rings. The lowest BCUT2D eigenvalue weighted by molar-refractivity contribution is 0.305. The Hall–Kier alpha value is -1.42. The Labute approximate surface area is 101 Å². The SMILES string of the molecule is Fc1ccc(OCc2ccc(Br)nc2)cc1. The summed E-state index contributed by atoms with van der Waals surface area (Å²) >= 11 is 3.26. The van der Waals surface area contributed by atoms with Crippen molar-refractivity contribution in [2.75, 3.05) is 0 Å². The summed E-state index contributed by atoms with van der Waals surface area (Å²) in [6.07, 6.45) is 1.73. The lowest BCUT2D eigenvalue weighted by atomic mass is 10.3. The molecule has 0 unspecified atom stereocenters. The minimum atomic E-state index is -0.266. The molecule has 0 spiro atoms. The molecule has 2 nitrogen and oxygen atoms in total. The Morgan fingerprint density at radius 2 is 1.88 bits per heavy atom. The molecule has 0 amide bonds. The first-order valence-corrected chi connectivity index (χ1v) is 5.52. The van der Waals surface area contributed by atoms with Gasteiger partial charge in [0.1, 0.15) is 22.8 Å². The minimum Gasteiger partial charge on any atom is -0.489 e. The molecular formula is C12H9BrFNO. The van der Waals surface area contributed by atoms with E-state index >= 15 is 0 Å². The number of halogens is 2. The molecule has 0 saturated heterocycles. The second kappa shape index (κ2) is 5.07. The molecular weight excluding hydrogens is 273 g/mol. The van der Waals surface area contributed by atoms with Crippen molar-refractivity contribution in [3.63, 3.8) is 0 Å². The Balaban J connectivity index is 1.97. The quantitative estimate of drug-likeness (QED) is 0.803. The first-order valence-electron chi connectivity index (χ1n) is 4.73. The minimum absolute atomic E-state index is 0.266. The lowest BCUT2D eigenvalue weighted by Gasteiger charge is -2.05. The van der Waals surface area contributed by atoms with Crippen LogP contribution < -0.4 is 4.74 Å². The summed E-state index contributed by atoms with van der Waals surface area (Å²) in [5.41, 5.74) is 0.965. The zero-order valence-corrected chi connectivity index (χ0v) is 9.95. The largest absolute Gasteiger partial charge is 0.489 e. The van der Waals surface area contributed by atoms with Crippen molar-refractivity contribution in [1.29, 1.82) is 0 Å². The molecule has 0 aliphatic rings. The van der Waals surface area contributed by atoms with Crippen LogP contribution in [-0.2, 0) is 6.61 Å². The van der Waals surface area contributed by atoms with Crippen molar-refractivity contribution in [3.8, 4) is 5.75 Å². The van der Waals surface area contributed by atoms with Gasteiger partial charge in [-0.25, -0.2) is 9.37 Å². The number of ether oxygens (including phenoxy) is 1. The number of hydrogen-bond acceptors (Lipinski definition) is 2. The van der Waals surface area contributed by atoms with Crippen LogP contribution in [-0.4, -0.2) is 4.98 Å². The number of hydrogen-bond donors (Lipinski definition) is 0. The zero-order chi connectivity index (χ0) is 11.4. The van der Waals surface area contributed by atoms with Gasteiger partial charge in [-0.3, -0.25) is 0 Å². The summed E-state index contributed by atoms with van der Waals surface area (Å²) in [4.78, 5) is 4.08. The monoisotopic (exact) mass is 281 g/mol. The van der Waals surface area contributed by atoms with Gasteiger partial charge in [-0.05, 0) is 46.3 Å². The summed E-state index contributed by atoms with van der Waals surface area (Å²) in [5.74, 6) is 0.377. The predicted octanol–water partition coefficient (Wildman–Crippen LogP) is 3.56. The molecule has 0 aliphatic carbocycles. The van der Waals surface area contributed by atoms with Gasteiger partial charge in [0, 0.05) is 11.8 Å². The van der Waals surface area contributed by atoms with Gasteiger partial charge < -0.3 is 4.74 Å². The van der Waals surface area contributed by atoms with Crippen LogP contribution in [0, 0.1) is 5.82 Å². The van der Waals surface area contributed by atoms with Crippen LogP contribution in [0.2, 0.25) is 0 Å². The van der Waals surface area contributed by atoms with E-state index in [1.54, 1.807) is 18.3 Å². The summed E-state index contributed by atoms with van der Waals surface area (Å²) in [7, 11) is 0. The van der Waals surface area contributed by atoms with Crippen LogP contribution in [0.5, 0.6) is 5.75 Å². The highest BCUT2D eigenvalue weighted by Gasteiger charge is 1.97. The molecule has 0 radical (unpaired) electrons. The third-order valence-electron chi connectivity index (χ3n) is 2.01. The van der Waals surface area contributed by atoms with E-state index in [2.05, 4.69) is 20.9 Å². The molecule has 0 aliphatic heterocycles. The molecule has 0 fully saturated rings. The maximum Gasteiger partial charge on any atom is 0.123 e. The average Bonchev–Trinajstić information content (AvgIpc) is 2.30. The lowest BCUT2D eigenvalue weighted by Crippen LogP contribution is -1.95. The number of pyridine rings is 1. The fraction of sp³-hybridized carbons (Fsp3) is 0.0833. The van der Waals surface area contributed by atoms with Gasteiger partial charge >= 0.3 is 0 Å². The van der Waals surface area contributed by atoms with Crippen molar-refractivity contribution in [2.45, 2.75) is 6.61 Å². The van der Waals surface area contributed by atoms with Crippen LogP contribution in [0.3, 0.4) is 0 Å². The van der Waals surface area contributed by atoms with Crippen LogP contribution in [0.15, 0.2) is 47.2 Å². The number of benzene rings is 1. The van der Waals surface area contributed by atoms with Gasteiger partial charge in [0.15, 0.2) is 0 Å². The first kappa shape index (κ1) is 11.1. The molecule has 1 heterocycles. The van der Waals surface area contributed by atoms with Crippen LogP contribution >= 0.6 is 15.9 Å². The molecule has 0 saturated carbocycles. The smallest absolute Gasteiger partial charge is 0.123 e. The average molecular weight is 282 g/mol. The van der Waals surface area contributed by atoms with Gasteiger partial charge in [-0.1, -0.05) is 6.07 Å². The highest BCUT2D eigenvalue weighted by Crippen LogP contribution is 2.13. The van der Waals surface area contributed by atoms with Crippen molar-refractivity contribution in [1.82, 2.24) is 4.98 Å². The summed E-state index contributed by atoms with van der Waals surface area (Å²) in [6.45, 7) is 0.423. The third kappa shape index (κ3) is 3.03. The Morgan fingerprint density at radius 3 is 2.50 bits per heavy atom. The maximum atomic E-state index is 12.6. The highest BCUT2D eigenvalue weighted by atomic mass is 79.9. The van der Waals surface area contributed by atoms with E-state index in [4.69, 9.17) is 4.74 Å². The van der Waals surface area contributed by atoms with Crippen molar-refractivity contribution in [2.24, 2.45) is 0 Å². The first-order chi connectivity index (χ1) is 7.74. The number of aromatic nitrogens is 1. The summed E-state index contributed by atoms with van der Waals surface area (Å²) in [5, 5.41) is 0. The molecule has 1 aromatic heterocycles. The van der Waals surface area contributed by atoms with E-state index in [1.165, 1.54) is 12.1 Å². The molecule has 82 valence electrons. The Bertz CT molecular complexity index is 410. The summed E-state index contributed by atoms with van der Waals surface area (Å²) in [6, 6.07) is 9.71. The van der Waals surface area contributed by atoms with Gasteiger partial charge in [-0.15, -0.1) is 0 Å². The standard InChI is InChI=1S/C12H9BrFNO/c13-12-6-1-9(7-15-12)8-16-11-4-2-10(14)3-5-11/h1-7H,8H2. The highest BCUT2D eigenvalue weighted by molar-refractivity contribution is 9.10. The molecule has 2 rings (SSSR count). The van der Waals surface area contributed by atoms with E-state index in [1.807, 2.05) is 12.1 Å². The molecule has 0 bridgehead atoms. The fourth-order valence-corrected chi connectivity index (χ4v) is 1.42. The van der Waals surface area contributed by atoms with Crippen LogP contribution in [0.1, 0.15) is 5.56 Å². The number of rotatable bonds is 3. The Kier molecular flexibility index (Phi) is 3.51. The second-order valence-electron chi connectivity index (χ2n) is 3.23. The second-order valence-corrected chi connectivity index (χ2v) is 4.04. The summed E-state index contributed by atoms with van der Waals surface area (Å²) < 4.78 is 18.9. The predicted molar refractivity (Wildman–Crippen MR) is 62.7 cm³/mol. The van der Waals surface area contributed by atoms with Gasteiger partial charge in [-0.2, -0.15) is 0 Å². The van der Waals surface area contributed by atoms with E-state index in [-0.39, 0.29) is 5.82 Å². The van der Waals surface area contributed by atoms with Crippen molar-refractivity contribution >= 4 is 15.9 Å². The van der Waals surface area contributed by atoms with Crippen molar-refractivity contribution < 1.29 is 9.13 Å². The van der Waals surface area contributed by atoms with Gasteiger partial charge in [0.05, 0.1) is 0 Å². The number of nitrogens with zero attached hydrogens (tertiary/aromatic N) is 1. The van der Waals surface area contributed by atoms with E-state index in [0.717, 1.165) is 10.2 Å². The molecule has 16 heavy (non-hydrogen) atoms. The normalized spacial score (nSPS) is 10.1. The Morgan fingerprint density at radius 1 is 1.12 bits per heavy atom. The van der Waals surface area contributed by atoms with Gasteiger partial charge in [0.25, 0.3) is 0 Å². The van der Waals surface area contributed by atoms with E-state index in [0.29, 0.717) is 12.4 Å². The molecule has 1 aromatic carbocycles. The van der Waals surface area contributed by atoms with E-state index < -0.39 is 0 Å². The molecule has 0 atom stereocenters. The topological polar surface area (TPSA) is 22.1 Å². The van der Waals surface area contributed by atoms with Crippen LogP contribution in [0.25, 0.3) is 0 Å². The zero-order valence-electron chi connectivity index (χ0n) is 8.36. The maximum absolute atomic E-state index is 12.6. The van der Waals surface area contributed by atoms with Gasteiger partial charge in [0.2, 0.25) is 0 Å². The fourth-order valence-electron chi connectivity index (χ4n) is 1.19. The third-order valence-corrected chi connectivity index (χ3v) is 2.48. The van der Waals surface area contributed by atoms with E-state index in [9.17, 15) is 4.39 Å². The van der Waals surface area contributed by atoms with Crippen molar-refractivity contribution in [3.05, 3.63) is 58.6 Å². The van der Waals surface area contributed by atoms with Crippen LogP contribution in [0.4, 0.5) is 4.39 Å². The molecule has 4 heteroatoms.